The second kappa shape index (κ2) is 59.4. The number of phosphoric ester groups is 2. The van der Waals surface area contributed by atoms with E-state index < -0.39 is 97.5 Å². The number of aliphatic hydroxyl groups excluding tert-OH is 1. The maximum Gasteiger partial charge on any atom is 0.472 e. The lowest BCUT2D eigenvalue weighted by molar-refractivity contribution is -0.161. The molecule has 5 atom stereocenters. The lowest BCUT2D eigenvalue weighted by atomic mass is 10.0. The molecule has 0 aromatic carbocycles. The maximum atomic E-state index is 13.0. The molecular weight excluding hydrogens is 1140 g/mol. The summed E-state index contributed by atoms with van der Waals surface area (Å²) in [6, 6.07) is 0. The highest BCUT2D eigenvalue weighted by molar-refractivity contribution is 7.47. The Morgan fingerprint density at radius 1 is 0.314 bits per heavy atom. The number of hydrogen-bond acceptors (Lipinski definition) is 15. The van der Waals surface area contributed by atoms with Crippen molar-refractivity contribution in [2.45, 2.75) is 355 Å². The van der Waals surface area contributed by atoms with Crippen molar-refractivity contribution in [2.24, 2.45) is 11.8 Å². The first-order valence-electron chi connectivity index (χ1n) is 35.0. The summed E-state index contributed by atoms with van der Waals surface area (Å²) >= 11 is 0. The zero-order valence-corrected chi connectivity index (χ0v) is 57.4. The van der Waals surface area contributed by atoms with Crippen LogP contribution >= 0.6 is 15.6 Å². The molecule has 0 aliphatic heterocycles. The molecule has 0 fully saturated rings. The lowest BCUT2D eigenvalue weighted by Gasteiger charge is -2.21. The third-order valence-corrected chi connectivity index (χ3v) is 17.4. The van der Waals surface area contributed by atoms with Crippen molar-refractivity contribution in [3.05, 3.63) is 0 Å². The fourth-order valence-corrected chi connectivity index (χ4v) is 11.6. The van der Waals surface area contributed by atoms with Crippen molar-refractivity contribution >= 4 is 39.5 Å². The molecule has 0 aromatic rings. The van der Waals surface area contributed by atoms with Gasteiger partial charge in [-0.3, -0.25) is 37.3 Å². The van der Waals surface area contributed by atoms with Gasteiger partial charge in [0.05, 0.1) is 26.4 Å². The average molecular weight is 1270 g/mol. The molecule has 0 aliphatic carbocycles. The minimum atomic E-state index is -4.95. The molecule has 510 valence electrons. The summed E-state index contributed by atoms with van der Waals surface area (Å²) in [6.45, 7) is 9.42. The summed E-state index contributed by atoms with van der Waals surface area (Å²) in [4.78, 5) is 72.3. The van der Waals surface area contributed by atoms with Crippen LogP contribution in [0.1, 0.15) is 337 Å². The predicted octanol–water partition coefficient (Wildman–Crippen LogP) is 18.8. The van der Waals surface area contributed by atoms with Gasteiger partial charge in [-0.25, -0.2) is 9.13 Å². The van der Waals surface area contributed by atoms with E-state index in [1.54, 1.807) is 0 Å². The second-order valence-electron chi connectivity index (χ2n) is 25.2. The van der Waals surface area contributed by atoms with Crippen LogP contribution in [0.25, 0.3) is 0 Å². The maximum absolute atomic E-state index is 13.0. The Morgan fingerprint density at radius 3 is 0.791 bits per heavy atom. The zero-order chi connectivity index (χ0) is 63.6. The van der Waals surface area contributed by atoms with E-state index in [1.165, 1.54) is 148 Å². The van der Waals surface area contributed by atoms with Crippen LogP contribution < -0.4 is 0 Å². The monoisotopic (exact) mass is 1270 g/mol. The van der Waals surface area contributed by atoms with Gasteiger partial charge >= 0.3 is 39.5 Å². The third-order valence-electron chi connectivity index (χ3n) is 15.5. The molecule has 0 radical (unpaired) electrons. The second-order valence-corrected chi connectivity index (χ2v) is 28.1. The van der Waals surface area contributed by atoms with Crippen LogP contribution in [0.4, 0.5) is 0 Å². The molecule has 17 nitrogen and oxygen atoms in total. The van der Waals surface area contributed by atoms with E-state index in [-0.39, 0.29) is 25.7 Å². The molecule has 3 N–H and O–H groups in total. The number of esters is 4. The van der Waals surface area contributed by atoms with Gasteiger partial charge < -0.3 is 33.8 Å². The fourth-order valence-electron chi connectivity index (χ4n) is 10.1. The first-order chi connectivity index (χ1) is 41.4. The van der Waals surface area contributed by atoms with Crippen LogP contribution in [0.3, 0.4) is 0 Å². The molecule has 0 amide bonds. The van der Waals surface area contributed by atoms with Gasteiger partial charge in [-0.2, -0.15) is 0 Å². The first kappa shape index (κ1) is 84.1. The standard InChI is InChI=1S/C67H130O17P2/c1-7-9-11-13-15-17-19-20-21-23-27-32-40-46-52-67(72)83-62(55-77-64(69)49-43-37-30-28-24-25-29-35-41-47-59(3)4)57-81-85(73,74)79-53-61(68)54-80-86(75,76)82-58-63(56-78-65(70)50-44-38-34-33-36-42-48-60(5)6)84-66(71)51-45-39-31-26-22-18-16-14-12-10-8-2/h59-63,68H,7-58H2,1-6H3,(H,73,74)(H,75,76)/t61-,62-,63-/m1/s1. The Balaban J connectivity index is 5.24. The molecule has 0 spiro atoms. The normalized spacial score (nSPS) is 14.2. The molecule has 0 saturated carbocycles. The van der Waals surface area contributed by atoms with Gasteiger partial charge in [-0.05, 0) is 37.5 Å². The fraction of sp³-hybridized carbons (Fsp3) is 0.940. The summed E-state index contributed by atoms with van der Waals surface area (Å²) in [6.07, 6.45) is 43.1. The number of ether oxygens (including phenoxy) is 4. The van der Waals surface area contributed by atoms with Crippen LogP contribution in [0, 0.1) is 11.8 Å². The van der Waals surface area contributed by atoms with Crippen LogP contribution in [0.5, 0.6) is 0 Å². The van der Waals surface area contributed by atoms with Gasteiger partial charge in [-0.1, -0.05) is 286 Å². The van der Waals surface area contributed by atoms with E-state index in [0.717, 1.165) is 102 Å². The number of unbranched alkanes of at least 4 members (excludes halogenated alkanes) is 36. The summed E-state index contributed by atoms with van der Waals surface area (Å²) in [5.41, 5.74) is 0. The number of hydrogen-bond donors (Lipinski definition) is 3. The van der Waals surface area contributed by atoms with Crippen LogP contribution in [-0.4, -0.2) is 96.7 Å². The molecule has 0 heterocycles. The quantitative estimate of drug-likeness (QED) is 0.0222. The Hall–Kier alpha value is -1.94. The van der Waals surface area contributed by atoms with Crippen LogP contribution in [-0.2, 0) is 65.4 Å². The topological polar surface area (TPSA) is 237 Å². The van der Waals surface area contributed by atoms with Crippen molar-refractivity contribution in [3.8, 4) is 0 Å². The van der Waals surface area contributed by atoms with E-state index >= 15 is 0 Å². The molecule has 0 bridgehead atoms. The lowest BCUT2D eigenvalue weighted by Crippen LogP contribution is -2.30. The van der Waals surface area contributed by atoms with Gasteiger partial charge in [0.15, 0.2) is 12.2 Å². The molecule has 2 unspecified atom stereocenters. The molecule has 0 rings (SSSR count). The third kappa shape index (κ3) is 60.9. The minimum absolute atomic E-state index is 0.106. The van der Waals surface area contributed by atoms with Crippen molar-refractivity contribution < 1.29 is 80.2 Å². The van der Waals surface area contributed by atoms with E-state index in [2.05, 4.69) is 41.5 Å². The Kier molecular flexibility index (Phi) is 58.0. The van der Waals surface area contributed by atoms with Crippen molar-refractivity contribution in [3.63, 3.8) is 0 Å². The highest BCUT2D eigenvalue weighted by Crippen LogP contribution is 2.45. The van der Waals surface area contributed by atoms with Gasteiger partial charge in [0.25, 0.3) is 0 Å². The Bertz CT molecular complexity index is 1680. The first-order valence-corrected chi connectivity index (χ1v) is 38.0. The van der Waals surface area contributed by atoms with E-state index in [1.807, 2.05) is 0 Å². The number of phosphoric acid groups is 2. The number of rotatable bonds is 66. The summed E-state index contributed by atoms with van der Waals surface area (Å²) < 4.78 is 68.1. The summed E-state index contributed by atoms with van der Waals surface area (Å²) in [7, 11) is -9.89. The molecule has 0 aliphatic rings. The molecule has 19 heteroatoms. The average Bonchev–Trinajstić information content (AvgIpc) is 3.66. The van der Waals surface area contributed by atoms with Gasteiger partial charge in [0.2, 0.25) is 0 Å². The van der Waals surface area contributed by atoms with Crippen molar-refractivity contribution in [2.75, 3.05) is 39.6 Å². The van der Waals surface area contributed by atoms with Crippen LogP contribution in [0.2, 0.25) is 0 Å². The number of carbonyl (C=O) groups excluding carboxylic acids is 4. The predicted molar refractivity (Wildman–Crippen MR) is 345 cm³/mol. The van der Waals surface area contributed by atoms with Crippen molar-refractivity contribution in [1.82, 2.24) is 0 Å². The highest BCUT2D eigenvalue weighted by atomic mass is 31.2. The highest BCUT2D eigenvalue weighted by Gasteiger charge is 2.30. The number of aliphatic hydroxyl groups is 1. The molecule has 0 aromatic heterocycles. The van der Waals surface area contributed by atoms with Gasteiger partial charge in [0.1, 0.15) is 19.3 Å². The Labute approximate surface area is 524 Å². The van der Waals surface area contributed by atoms with Gasteiger partial charge in [0, 0.05) is 25.7 Å². The summed E-state index contributed by atoms with van der Waals surface area (Å²) in [5.74, 6) is -0.705. The van der Waals surface area contributed by atoms with E-state index in [0.29, 0.717) is 31.6 Å². The largest absolute Gasteiger partial charge is 0.472 e. The number of carbonyl (C=O) groups is 4. The molecular formula is C67H130O17P2. The Morgan fingerprint density at radius 2 is 0.535 bits per heavy atom. The van der Waals surface area contributed by atoms with E-state index in [4.69, 9.17) is 37.0 Å². The smallest absolute Gasteiger partial charge is 0.462 e. The van der Waals surface area contributed by atoms with Crippen LogP contribution in [0.15, 0.2) is 0 Å². The minimum Gasteiger partial charge on any atom is -0.462 e. The summed E-state index contributed by atoms with van der Waals surface area (Å²) in [5, 5.41) is 10.6. The SMILES string of the molecule is CCCCCCCCCCCCCCCCC(=O)O[C@H](COC(=O)CCCCCCCCCCCC(C)C)COP(=O)(O)OC[C@@H](O)COP(=O)(O)OC[C@@H](COC(=O)CCCCCCCCC(C)C)OC(=O)CCCCCCCCCCCCC. The van der Waals surface area contributed by atoms with Gasteiger partial charge in [-0.15, -0.1) is 0 Å². The zero-order valence-electron chi connectivity index (χ0n) is 55.6. The molecule has 86 heavy (non-hydrogen) atoms. The molecule has 0 saturated heterocycles. The van der Waals surface area contributed by atoms with E-state index in [9.17, 15) is 43.2 Å². The van der Waals surface area contributed by atoms with Crippen molar-refractivity contribution in [1.29, 1.82) is 0 Å².